The first-order valence-electron chi connectivity index (χ1n) is 7.30. The van der Waals surface area contributed by atoms with Crippen molar-refractivity contribution >= 4 is 16.5 Å². The second kappa shape index (κ2) is 5.19. The third-order valence-corrected chi connectivity index (χ3v) is 4.13. The zero-order chi connectivity index (χ0) is 14.9. The molecule has 0 amide bonds. The van der Waals surface area contributed by atoms with Gasteiger partial charge in [0.05, 0.1) is 0 Å². The van der Waals surface area contributed by atoms with E-state index in [4.69, 9.17) is 4.74 Å². The summed E-state index contributed by atoms with van der Waals surface area (Å²) in [5, 5.41) is 15.2. The molecule has 3 aromatic carbocycles. The van der Waals surface area contributed by atoms with Gasteiger partial charge in [0.15, 0.2) is 6.10 Å². The van der Waals surface area contributed by atoms with Crippen molar-refractivity contribution in [3.63, 3.8) is 0 Å². The number of nitrogens with zero attached hydrogens (tertiary/aromatic N) is 1. The van der Waals surface area contributed by atoms with E-state index >= 15 is 0 Å². The zero-order valence-electron chi connectivity index (χ0n) is 11.9. The van der Waals surface area contributed by atoms with E-state index < -0.39 is 0 Å². The molecule has 0 saturated heterocycles. The Bertz CT molecular complexity index is 865. The van der Waals surface area contributed by atoms with Crippen molar-refractivity contribution in [1.29, 1.82) is 0 Å². The summed E-state index contributed by atoms with van der Waals surface area (Å²) in [6.07, 6.45) is 0.242. The summed E-state index contributed by atoms with van der Waals surface area (Å²) < 4.78 is 6.14. The Morgan fingerprint density at radius 2 is 1.68 bits per heavy atom. The molecule has 4 rings (SSSR count). The molecule has 1 aliphatic heterocycles. The number of ether oxygens (including phenoxy) is 1. The number of hydrogen-bond acceptors (Lipinski definition) is 3. The average molecular weight is 289 g/mol. The highest BCUT2D eigenvalue weighted by Gasteiger charge is 2.29. The third kappa shape index (κ3) is 2.02. The topological polar surface area (TPSA) is 41.8 Å². The van der Waals surface area contributed by atoms with Crippen molar-refractivity contribution in [1.82, 2.24) is 0 Å². The fourth-order valence-electron chi connectivity index (χ4n) is 3.06. The maximum Gasteiger partial charge on any atom is 0.166 e. The first-order chi connectivity index (χ1) is 10.9. The molecule has 1 heterocycles. The minimum Gasteiger partial charge on any atom is -0.479 e. The molecule has 1 aliphatic rings. The van der Waals surface area contributed by atoms with Crippen LogP contribution in [0.4, 0.5) is 0 Å². The van der Waals surface area contributed by atoms with E-state index in [0.717, 1.165) is 27.6 Å². The second-order valence-electron chi connectivity index (χ2n) is 5.44. The van der Waals surface area contributed by atoms with E-state index in [1.165, 1.54) is 0 Å². The minimum absolute atomic E-state index is 0.356. The molecule has 3 nitrogen and oxygen atoms in total. The fourth-order valence-corrected chi connectivity index (χ4v) is 3.06. The van der Waals surface area contributed by atoms with Crippen molar-refractivity contribution in [2.24, 2.45) is 5.16 Å². The van der Waals surface area contributed by atoms with Crippen LogP contribution >= 0.6 is 0 Å². The molecular formula is C19H15NO2. The van der Waals surface area contributed by atoms with E-state index in [1.807, 2.05) is 48.5 Å². The van der Waals surface area contributed by atoms with Crippen LogP contribution in [0, 0.1) is 0 Å². The lowest BCUT2D eigenvalue weighted by Gasteiger charge is -2.28. The van der Waals surface area contributed by atoms with Gasteiger partial charge in [-0.3, -0.25) is 0 Å². The van der Waals surface area contributed by atoms with Crippen molar-refractivity contribution in [3.8, 4) is 5.75 Å². The van der Waals surface area contributed by atoms with Crippen molar-refractivity contribution in [2.75, 3.05) is 0 Å². The Hall–Kier alpha value is -2.81. The molecule has 22 heavy (non-hydrogen) atoms. The Labute approximate surface area is 128 Å². The van der Waals surface area contributed by atoms with Gasteiger partial charge in [0.25, 0.3) is 0 Å². The molecule has 3 aromatic rings. The number of rotatable bonds is 1. The SMILES string of the molecule is O/N=C1\Cc2ccccc2OC1c1cccc2ccccc12. The molecule has 1 N–H and O–H groups in total. The van der Waals surface area contributed by atoms with Gasteiger partial charge in [0.2, 0.25) is 0 Å². The van der Waals surface area contributed by atoms with E-state index in [1.54, 1.807) is 0 Å². The Balaban J connectivity index is 1.87. The van der Waals surface area contributed by atoms with Gasteiger partial charge in [0.1, 0.15) is 11.5 Å². The van der Waals surface area contributed by atoms with Crippen molar-refractivity contribution in [3.05, 3.63) is 77.9 Å². The molecule has 0 radical (unpaired) electrons. The van der Waals surface area contributed by atoms with E-state index in [-0.39, 0.29) is 6.10 Å². The monoisotopic (exact) mass is 289 g/mol. The van der Waals surface area contributed by atoms with E-state index in [9.17, 15) is 5.21 Å². The van der Waals surface area contributed by atoms with Crippen molar-refractivity contribution < 1.29 is 9.94 Å². The molecule has 0 saturated carbocycles. The largest absolute Gasteiger partial charge is 0.479 e. The Morgan fingerprint density at radius 3 is 2.59 bits per heavy atom. The van der Waals surface area contributed by atoms with E-state index in [2.05, 4.69) is 23.4 Å². The fraction of sp³-hybridized carbons (Fsp3) is 0.105. The highest BCUT2D eigenvalue weighted by molar-refractivity contribution is 5.97. The molecule has 0 aromatic heterocycles. The van der Waals surface area contributed by atoms with Crippen LogP contribution < -0.4 is 4.74 Å². The normalized spacial score (nSPS) is 18.9. The lowest BCUT2D eigenvalue weighted by atomic mass is 9.92. The summed E-state index contributed by atoms with van der Waals surface area (Å²) >= 11 is 0. The van der Waals surface area contributed by atoms with Gasteiger partial charge in [0, 0.05) is 17.5 Å². The number of oxime groups is 1. The standard InChI is InChI=1S/C19H15NO2/c21-20-17-12-14-7-2-4-11-18(14)22-19(17)16-10-5-8-13-6-1-3-9-15(13)16/h1-11,19,21H,12H2/b20-17+. The van der Waals surface area contributed by atoms with Gasteiger partial charge in [-0.15, -0.1) is 0 Å². The molecular weight excluding hydrogens is 274 g/mol. The molecule has 108 valence electrons. The summed E-state index contributed by atoms with van der Waals surface area (Å²) in [5.74, 6) is 0.854. The maximum absolute atomic E-state index is 9.43. The van der Waals surface area contributed by atoms with Gasteiger partial charge in [-0.05, 0) is 16.8 Å². The molecule has 1 unspecified atom stereocenters. The second-order valence-corrected chi connectivity index (χ2v) is 5.44. The van der Waals surface area contributed by atoms with Gasteiger partial charge in [-0.2, -0.15) is 0 Å². The number of benzene rings is 3. The number of hydrogen-bond donors (Lipinski definition) is 1. The predicted octanol–water partition coefficient (Wildman–Crippen LogP) is 4.35. The summed E-state index contributed by atoms with van der Waals surface area (Å²) in [5.41, 5.74) is 2.71. The smallest absolute Gasteiger partial charge is 0.166 e. The third-order valence-electron chi connectivity index (χ3n) is 4.13. The average Bonchev–Trinajstić information content (AvgIpc) is 2.60. The summed E-state index contributed by atoms with van der Waals surface area (Å²) in [6, 6.07) is 22.2. The van der Waals surface area contributed by atoms with E-state index in [0.29, 0.717) is 12.1 Å². The molecule has 0 fully saturated rings. The summed E-state index contributed by atoms with van der Waals surface area (Å²) in [7, 11) is 0. The Kier molecular flexibility index (Phi) is 3.04. The zero-order valence-corrected chi connectivity index (χ0v) is 11.9. The highest BCUT2D eigenvalue weighted by Crippen LogP contribution is 2.35. The van der Waals surface area contributed by atoms with Crippen molar-refractivity contribution in [2.45, 2.75) is 12.5 Å². The molecule has 1 atom stereocenters. The Morgan fingerprint density at radius 1 is 0.909 bits per heavy atom. The summed E-state index contributed by atoms with van der Waals surface area (Å²) in [6.45, 7) is 0. The first kappa shape index (κ1) is 12.9. The molecule has 3 heteroatoms. The van der Waals surface area contributed by atoms with Crippen LogP contribution in [-0.4, -0.2) is 10.9 Å². The van der Waals surface area contributed by atoms with Crippen LogP contribution in [-0.2, 0) is 6.42 Å². The minimum atomic E-state index is -0.356. The van der Waals surface area contributed by atoms with Crippen LogP contribution in [0.5, 0.6) is 5.75 Å². The van der Waals surface area contributed by atoms with Crippen LogP contribution in [0.2, 0.25) is 0 Å². The maximum atomic E-state index is 9.43. The lowest BCUT2D eigenvalue weighted by molar-refractivity contribution is 0.245. The molecule has 0 bridgehead atoms. The molecule has 0 spiro atoms. The lowest BCUT2D eigenvalue weighted by Crippen LogP contribution is -2.26. The summed E-state index contributed by atoms with van der Waals surface area (Å²) in [4.78, 5) is 0. The molecule has 0 aliphatic carbocycles. The number of fused-ring (bicyclic) bond motifs is 2. The predicted molar refractivity (Wildman–Crippen MR) is 86.7 cm³/mol. The number of para-hydroxylation sites is 1. The van der Waals surface area contributed by atoms with Gasteiger partial charge in [-0.25, -0.2) is 0 Å². The van der Waals surface area contributed by atoms with Crippen LogP contribution in [0.3, 0.4) is 0 Å². The quantitative estimate of drug-likeness (QED) is 0.534. The van der Waals surface area contributed by atoms with Gasteiger partial charge >= 0.3 is 0 Å². The highest BCUT2D eigenvalue weighted by atomic mass is 16.5. The van der Waals surface area contributed by atoms with Crippen LogP contribution in [0.1, 0.15) is 17.2 Å². The van der Waals surface area contributed by atoms with Gasteiger partial charge < -0.3 is 9.94 Å². The first-order valence-corrected chi connectivity index (χ1v) is 7.30. The van der Waals surface area contributed by atoms with Gasteiger partial charge in [-0.1, -0.05) is 65.8 Å². The van der Waals surface area contributed by atoms with Crippen LogP contribution in [0.15, 0.2) is 71.9 Å². The van der Waals surface area contributed by atoms with Crippen LogP contribution in [0.25, 0.3) is 10.8 Å².